The predicted octanol–water partition coefficient (Wildman–Crippen LogP) is 6.98. The predicted molar refractivity (Wildman–Crippen MR) is 180 cm³/mol. The molecule has 1 amide bonds. The maximum atomic E-state index is 13.9. The Labute approximate surface area is 262 Å². The van der Waals surface area contributed by atoms with E-state index < -0.39 is 0 Å². The molecular weight excluding hydrogens is 544 g/mol. The fraction of sp³-hybridized carbons (Fsp3) is 0.432. The van der Waals surface area contributed by atoms with Crippen LogP contribution in [0.5, 0.6) is 0 Å². The van der Waals surface area contributed by atoms with Crippen LogP contribution >= 0.6 is 0 Å². The number of nitrogens with one attached hydrogen (secondary N) is 1. The number of amides is 1. The lowest BCUT2D eigenvalue weighted by molar-refractivity contribution is 0.0741. The van der Waals surface area contributed by atoms with E-state index in [1.54, 1.807) is 0 Å². The van der Waals surface area contributed by atoms with Crippen molar-refractivity contribution in [2.75, 3.05) is 6.54 Å². The van der Waals surface area contributed by atoms with Gasteiger partial charge in [-0.25, -0.2) is 4.98 Å². The molecule has 3 aromatic carbocycles. The van der Waals surface area contributed by atoms with Crippen molar-refractivity contribution in [2.24, 2.45) is 17.4 Å². The van der Waals surface area contributed by atoms with E-state index in [9.17, 15) is 4.79 Å². The van der Waals surface area contributed by atoms with Gasteiger partial charge in [-0.2, -0.15) is 0 Å². The van der Waals surface area contributed by atoms with E-state index in [1.165, 1.54) is 44.1 Å². The number of benzene rings is 3. The number of hydrogen-bond acceptors (Lipinski definition) is 4. The van der Waals surface area contributed by atoms with E-state index >= 15 is 0 Å². The van der Waals surface area contributed by atoms with Crippen LogP contribution in [0.1, 0.15) is 96.7 Å². The van der Waals surface area contributed by atoms with Gasteiger partial charge in [0.2, 0.25) is 0 Å². The highest BCUT2D eigenvalue weighted by atomic mass is 16.2. The molecule has 4 aromatic rings. The molecule has 1 fully saturated rings. The van der Waals surface area contributed by atoms with Crippen molar-refractivity contribution in [3.8, 4) is 0 Å². The third-order valence-electron chi connectivity index (χ3n) is 9.16. The standard InChI is InChI=1S/C37H48N6O/c1-2-3-22-42(26-30-11-9-29(25-38)10-12-30)37(44)32-18-19-34-33(24-32)41-35(43(34)23-21-27-7-5-4-6-8-27)20-15-28-13-16-31(17-14-28)36(39)40/h9-14,16-19,24,27H,2-8,15,20-23,25-26,38H2,1H3,(H3,39,40). The summed E-state index contributed by atoms with van der Waals surface area (Å²) in [6, 6.07) is 22.3. The summed E-state index contributed by atoms with van der Waals surface area (Å²) in [5.41, 5.74) is 18.3. The average Bonchev–Trinajstić information content (AvgIpc) is 3.41. The van der Waals surface area contributed by atoms with Crippen LogP contribution in [-0.4, -0.2) is 32.7 Å². The minimum Gasteiger partial charge on any atom is -0.384 e. The number of nitrogens with two attached hydrogens (primary N) is 2. The number of nitrogens with zero attached hydrogens (tertiary/aromatic N) is 3. The van der Waals surface area contributed by atoms with E-state index in [1.807, 2.05) is 41.3 Å². The van der Waals surface area contributed by atoms with Crippen molar-refractivity contribution in [3.05, 3.63) is 100 Å². The summed E-state index contributed by atoms with van der Waals surface area (Å²) in [5.74, 6) is 1.98. The first-order valence-corrected chi connectivity index (χ1v) is 16.4. The highest BCUT2D eigenvalue weighted by molar-refractivity contribution is 5.97. The lowest BCUT2D eigenvalue weighted by atomic mass is 9.87. The zero-order valence-corrected chi connectivity index (χ0v) is 26.2. The number of hydrogen-bond donors (Lipinski definition) is 3. The summed E-state index contributed by atoms with van der Waals surface area (Å²) in [6.45, 7) is 4.92. The van der Waals surface area contributed by atoms with Crippen LogP contribution in [0, 0.1) is 11.3 Å². The van der Waals surface area contributed by atoms with Crippen molar-refractivity contribution in [1.29, 1.82) is 5.41 Å². The molecule has 5 rings (SSSR count). The summed E-state index contributed by atoms with van der Waals surface area (Å²) < 4.78 is 2.40. The molecule has 1 heterocycles. The molecule has 0 saturated heterocycles. The minimum absolute atomic E-state index is 0.0483. The van der Waals surface area contributed by atoms with Gasteiger partial charge in [0, 0.05) is 43.7 Å². The molecule has 1 aliphatic carbocycles. The van der Waals surface area contributed by atoms with Gasteiger partial charge in [-0.3, -0.25) is 10.2 Å². The number of fused-ring (bicyclic) bond motifs is 1. The number of rotatable bonds is 14. The number of carbonyl (C=O) groups excluding carboxylic acids is 1. The van der Waals surface area contributed by atoms with E-state index in [0.717, 1.165) is 78.2 Å². The molecule has 7 heteroatoms. The molecule has 0 bridgehead atoms. The number of unbranched alkanes of at least 4 members (excludes halogenated alkanes) is 1. The summed E-state index contributed by atoms with van der Waals surface area (Å²) in [5, 5.41) is 7.67. The molecule has 0 aliphatic heterocycles. The van der Waals surface area contributed by atoms with Gasteiger partial charge >= 0.3 is 0 Å². The minimum atomic E-state index is 0.0483. The number of imidazole rings is 1. The molecule has 0 atom stereocenters. The van der Waals surface area contributed by atoms with Crippen molar-refractivity contribution in [1.82, 2.24) is 14.5 Å². The molecule has 7 nitrogen and oxygen atoms in total. The maximum Gasteiger partial charge on any atom is 0.254 e. The lowest BCUT2D eigenvalue weighted by Gasteiger charge is -2.23. The van der Waals surface area contributed by atoms with Crippen LogP contribution in [0.3, 0.4) is 0 Å². The third kappa shape index (κ3) is 7.94. The largest absolute Gasteiger partial charge is 0.384 e. The first-order chi connectivity index (χ1) is 21.4. The van der Waals surface area contributed by atoms with Gasteiger partial charge in [-0.15, -0.1) is 0 Å². The van der Waals surface area contributed by atoms with Gasteiger partial charge in [-0.05, 0) is 60.1 Å². The van der Waals surface area contributed by atoms with E-state index in [4.69, 9.17) is 21.9 Å². The number of aromatic nitrogens is 2. The van der Waals surface area contributed by atoms with Crippen molar-refractivity contribution < 1.29 is 4.79 Å². The monoisotopic (exact) mass is 592 g/mol. The van der Waals surface area contributed by atoms with Gasteiger partial charge in [0.1, 0.15) is 11.7 Å². The van der Waals surface area contributed by atoms with Crippen LogP contribution in [-0.2, 0) is 32.5 Å². The Morgan fingerprint density at radius 3 is 2.30 bits per heavy atom. The maximum absolute atomic E-state index is 13.9. The van der Waals surface area contributed by atoms with Crippen molar-refractivity contribution in [3.63, 3.8) is 0 Å². The first kappa shape index (κ1) is 31.5. The Morgan fingerprint density at radius 2 is 1.61 bits per heavy atom. The van der Waals surface area contributed by atoms with Gasteiger partial charge in [0.05, 0.1) is 11.0 Å². The number of carbonyl (C=O) groups is 1. The summed E-state index contributed by atoms with van der Waals surface area (Å²) in [7, 11) is 0. The average molecular weight is 593 g/mol. The lowest BCUT2D eigenvalue weighted by Crippen LogP contribution is -2.31. The van der Waals surface area contributed by atoms with Crippen LogP contribution in [0.2, 0.25) is 0 Å². The van der Waals surface area contributed by atoms with Crippen LogP contribution in [0.15, 0.2) is 66.7 Å². The molecule has 1 aromatic heterocycles. The highest BCUT2D eigenvalue weighted by Gasteiger charge is 2.20. The van der Waals surface area contributed by atoms with Gasteiger partial charge in [0.15, 0.2) is 0 Å². The Balaban J connectivity index is 1.39. The zero-order valence-electron chi connectivity index (χ0n) is 26.2. The second kappa shape index (κ2) is 15.2. The number of amidine groups is 1. The first-order valence-electron chi connectivity index (χ1n) is 16.4. The number of nitrogen functional groups attached to an aromatic ring is 1. The van der Waals surface area contributed by atoms with Crippen LogP contribution in [0.4, 0.5) is 0 Å². The normalized spacial score (nSPS) is 13.8. The van der Waals surface area contributed by atoms with Gasteiger partial charge in [-0.1, -0.05) is 94.0 Å². The summed E-state index contributed by atoms with van der Waals surface area (Å²) in [6.07, 6.45) is 11.5. The fourth-order valence-electron chi connectivity index (χ4n) is 6.43. The molecule has 0 radical (unpaired) electrons. The Bertz CT molecular complexity index is 1530. The third-order valence-corrected chi connectivity index (χ3v) is 9.16. The Morgan fingerprint density at radius 1 is 0.932 bits per heavy atom. The second-order valence-corrected chi connectivity index (χ2v) is 12.4. The summed E-state index contributed by atoms with van der Waals surface area (Å²) >= 11 is 0. The molecule has 5 N–H and O–H groups in total. The Hall–Kier alpha value is -3.97. The Kier molecular flexibility index (Phi) is 10.8. The van der Waals surface area contributed by atoms with Crippen LogP contribution in [0.25, 0.3) is 11.0 Å². The van der Waals surface area contributed by atoms with E-state index in [0.29, 0.717) is 18.7 Å². The second-order valence-electron chi connectivity index (χ2n) is 12.4. The molecule has 1 saturated carbocycles. The molecule has 232 valence electrons. The quantitative estimate of drug-likeness (QED) is 0.108. The summed E-state index contributed by atoms with van der Waals surface area (Å²) in [4.78, 5) is 21.0. The topological polar surface area (TPSA) is 114 Å². The van der Waals surface area contributed by atoms with Crippen LogP contribution < -0.4 is 11.5 Å². The van der Waals surface area contributed by atoms with E-state index in [2.05, 4.69) is 41.8 Å². The smallest absolute Gasteiger partial charge is 0.254 e. The molecule has 0 spiro atoms. The van der Waals surface area contributed by atoms with Crippen molar-refractivity contribution >= 4 is 22.8 Å². The molecule has 0 unspecified atom stereocenters. The highest BCUT2D eigenvalue weighted by Crippen LogP contribution is 2.28. The zero-order chi connectivity index (χ0) is 30.9. The fourth-order valence-corrected chi connectivity index (χ4v) is 6.43. The molecule has 44 heavy (non-hydrogen) atoms. The molecular formula is C37H48N6O. The molecule has 1 aliphatic rings. The van der Waals surface area contributed by atoms with Gasteiger partial charge in [0.25, 0.3) is 5.91 Å². The van der Waals surface area contributed by atoms with Crippen molar-refractivity contribution in [2.45, 2.75) is 90.8 Å². The SMILES string of the molecule is CCCCN(Cc1ccc(CN)cc1)C(=O)c1ccc2c(c1)nc(CCc1ccc(C(=N)N)cc1)n2CCC1CCCCC1. The van der Waals surface area contributed by atoms with E-state index in [-0.39, 0.29) is 11.7 Å². The number of aryl methyl sites for hydroxylation is 3. The van der Waals surface area contributed by atoms with Gasteiger partial charge < -0.3 is 20.9 Å².